The van der Waals surface area contributed by atoms with Crippen molar-refractivity contribution in [2.75, 3.05) is 4.90 Å². The monoisotopic (exact) mass is 513 g/mol. The maximum atomic E-state index is 13.6. The molecule has 192 valence electrons. The molecule has 0 unspecified atom stereocenters. The minimum Gasteiger partial charge on any atom is -0.280 e. The van der Waals surface area contributed by atoms with Crippen LogP contribution in [0.3, 0.4) is 0 Å². The smallest absolute Gasteiger partial charge is 0.280 e. The summed E-state index contributed by atoms with van der Waals surface area (Å²) in [6, 6.07) is 21.7. The first kappa shape index (κ1) is 26.5. The third-order valence-corrected chi connectivity index (χ3v) is 5.96. The Hall–Kier alpha value is -4.52. The van der Waals surface area contributed by atoms with Gasteiger partial charge in [-0.3, -0.25) is 19.7 Å². The van der Waals surface area contributed by atoms with E-state index >= 15 is 0 Å². The molecular weight excluding hydrogens is 487 g/mol. The van der Waals surface area contributed by atoms with Crippen LogP contribution in [-0.4, -0.2) is 15.9 Å². The fourth-order valence-corrected chi connectivity index (χ4v) is 4.14. The fourth-order valence-electron chi connectivity index (χ4n) is 4.14. The van der Waals surface area contributed by atoms with Crippen LogP contribution in [0, 0.1) is 0 Å². The summed E-state index contributed by atoms with van der Waals surface area (Å²) in [6.07, 6.45) is 2.43. The summed E-state index contributed by atoms with van der Waals surface area (Å²) in [5, 5.41) is 0.641. The van der Waals surface area contributed by atoms with Gasteiger partial charge in [-0.2, -0.15) is 13.2 Å². The summed E-state index contributed by atoms with van der Waals surface area (Å²) in [5.74, 6) is -0.397. The first-order valence-electron chi connectivity index (χ1n) is 12.1. The molecule has 0 N–H and O–H groups in total. The second-order valence-electron chi connectivity index (χ2n) is 8.50. The number of amides is 1. The van der Waals surface area contributed by atoms with Crippen molar-refractivity contribution in [2.24, 2.45) is 0 Å². The van der Waals surface area contributed by atoms with Gasteiger partial charge in [0.05, 0.1) is 16.8 Å². The lowest BCUT2D eigenvalue weighted by Gasteiger charge is -2.27. The Labute approximate surface area is 219 Å². The largest absolute Gasteiger partial charge is 0.416 e. The number of rotatable bonds is 6. The first-order chi connectivity index (χ1) is 18.3. The number of benzene rings is 2. The second kappa shape index (κ2) is 11.7. The van der Waals surface area contributed by atoms with Gasteiger partial charge >= 0.3 is 6.18 Å². The van der Waals surface area contributed by atoms with E-state index in [4.69, 9.17) is 0 Å². The Morgan fingerprint density at radius 3 is 2.50 bits per heavy atom. The SMILES string of the molecule is C=CCC(=O)N(c1cccc(C(F)(F)F)c1)c1c(CC)cnc2ccc(-c3cccccccnc3)cc12. The van der Waals surface area contributed by atoms with Gasteiger partial charge in [-0.25, -0.2) is 0 Å². The number of halogens is 3. The van der Waals surface area contributed by atoms with Crippen molar-refractivity contribution in [1.29, 1.82) is 0 Å². The fraction of sp³-hybridized carbons (Fsp3) is 0.129. The van der Waals surface area contributed by atoms with Crippen molar-refractivity contribution in [3.8, 4) is 11.1 Å². The van der Waals surface area contributed by atoms with Crippen molar-refractivity contribution in [1.82, 2.24) is 9.97 Å². The van der Waals surface area contributed by atoms with Gasteiger partial charge in [-0.05, 0) is 59.5 Å². The number of carbonyl (C=O) groups is 1. The molecule has 4 rings (SSSR count). The molecule has 0 atom stereocenters. The first-order valence-corrected chi connectivity index (χ1v) is 12.1. The molecule has 0 radical (unpaired) electrons. The number of hydrogen-bond acceptors (Lipinski definition) is 3. The van der Waals surface area contributed by atoms with Crippen molar-refractivity contribution in [3.05, 3.63) is 121 Å². The van der Waals surface area contributed by atoms with Gasteiger partial charge in [0.2, 0.25) is 5.91 Å². The average molecular weight is 514 g/mol. The zero-order valence-corrected chi connectivity index (χ0v) is 20.8. The normalized spacial score (nSPS) is 11.1. The highest BCUT2D eigenvalue weighted by atomic mass is 19.4. The standard InChI is InChI=1S/C31H26F3N3O/c1-3-11-29(38)37(26-14-10-13-25(19-26)31(32,33)34)30-22(4-2)21-36-28-16-15-23(18-27(28)30)24-12-8-6-5-7-9-17-35-20-24/h3,5-10,12-21H,1,4,11H2,2H3. The van der Waals surface area contributed by atoms with Crippen LogP contribution in [0.1, 0.15) is 24.5 Å². The molecule has 2 aromatic heterocycles. The van der Waals surface area contributed by atoms with Gasteiger partial charge in [-0.1, -0.05) is 55.5 Å². The Bertz CT molecular complexity index is 1510. The number of pyridine rings is 1. The molecule has 4 aromatic rings. The van der Waals surface area contributed by atoms with E-state index in [9.17, 15) is 18.0 Å². The molecule has 7 heteroatoms. The lowest BCUT2D eigenvalue weighted by atomic mass is 10.00. The van der Waals surface area contributed by atoms with E-state index in [1.807, 2.05) is 61.5 Å². The van der Waals surface area contributed by atoms with Crippen LogP contribution in [0.25, 0.3) is 22.0 Å². The van der Waals surface area contributed by atoms with Crippen LogP contribution in [0.4, 0.5) is 24.5 Å². The van der Waals surface area contributed by atoms with Gasteiger partial charge in [0.15, 0.2) is 0 Å². The molecule has 1 amide bonds. The zero-order chi connectivity index (χ0) is 27.1. The number of aryl methyl sites for hydroxylation is 1. The van der Waals surface area contributed by atoms with Crippen molar-refractivity contribution in [2.45, 2.75) is 25.9 Å². The molecule has 0 saturated carbocycles. The Kier molecular flexibility index (Phi) is 8.16. The van der Waals surface area contributed by atoms with E-state index in [2.05, 4.69) is 16.5 Å². The second-order valence-corrected chi connectivity index (χ2v) is 8.50. The number of nitrogens with zero attached hydrogens (tertiary/aromatic N) is 3. The van der Waals surface area contributed by atoms with Crippen molar-refractivity contribution >= 4 is 28.2 Å². The predicted molar refractivity (Wildman–Crippen MR) is 145 cm³/mol. The number of aromatic nitrogens is 2. The summed E-state index contributed by atoms with van der Waals surface area (Å²) in [7, 11) is 0. The van der Waals surface area contributed by atoms with Crippen LogP contribution >= 0.6 is 0 Å². The number of fused-ring (bicyclic) bond motifs is 1. The number of carbonyl (C=O) groups excluding carboxylic acids is 1. The summed E-state index contributed by atoms with van der Waals surface area (Å²) >= 11 is 0. The molecule has 0 bridgehead atoms. The van der Waals surface area contributed by atoms with Crippen LogP contribution in [-0.2, 0) is 17.4 Å². The van der Waals surface area contributed by atoms with Crippen LogP contribution < -0.4 is 4.90 Å². The topological polar surface area (TPSA) is 46.1 Å². The molecular formula is C31H26F3N3O. The van der Waals surface area contributed by atoms with Gasteiger partial charge in [0.1, 0.15) is 0 Å². The number of alkyl halides is 3. The predicted octanol–water partition coefficient (Wildman–Crippen LogP) is 8.24. The zero-order valence-electron chi connectivity index (χ0n) is 20.8. The quantitative estimate of drug-likeness (QED) is 0.244. The van der Waals surface area contributed by atoms with Crippen LogP contribution in [0.2, 0.25) is 0 Å². The number of hydrogen-bond donors (Lipinski definition) is 0. The summed E-state index contributed by atoms with van der Waals surface area (Å²) in [4.78, 5) is 23.7. The molecule has 4 nitrogen and oxygen atoms in total. The Balaban J connectivity index is 2.01. The highest BCUT2D eigenvalue weighted by Crippen LogP contribution is 2.39. The molecule has 0 spiro atoms. The van der Waals surface area contributed by atoms with E-state index < -0.39 is 17.6 Å². The molecule has 2 aromatic carbocycles. The molecule has 38 heavy (non-hydrogen) atoms. The van der Waals surface area contributed by atoms with Gasteiger partial charge in [0, 0.05) is 36.1 Å². The summed E-state index contributed by atoms with van der Waals surface area (Å²) in [6.45, 7) is 5.58. The molecule has 0 aliphatic rings. The third-order valence-electron chi connectivity index (χ3n) is 5.96. The van der Waals surface area contributed by atoms with Gasteiger partial charge < -0.3 is 0 Å². The van der Waals surface area contributed by atoms with E-state index in [1.54, 1.807) is 18.6 Å². The molecule has 0 saturated heterocycles. The van der Waals surface area contributed by atoms with Gasteiger partial charge in [-0.15, -0.1) is 6.58 Å². The van der Waals surface area contributed by atoms with Crippen LogP contribution in [0.5, 0.6) is 0 Å². The number of anilines is 2. The molecule has 0 aliphatic heterocycles. The third kappa shape index (κ3) is 5.89. The van der Waals surface area contributed by atoms with Crippen molar-refractivity contribution in [3.63, 3.8) is 0 Å². The summed E-state index contributed by atoms with van der Waals surface area (Å²) in [5.41, 5.74) is 2.77. The molecule has 2 heterocycles. The average Bonchev–Trinajstić information content (AvgIpc) is 2.91. The minimum atomic E-state index is -4.55. The van der Waals surface area contributed by atoms with Crippen LogP contribution in [0.15, 0.2) is 110 Å². The molecule has 0 aliphatic carbocycles. The van der Waals surface area contributed by atoms with Crippen molar-refractivity contribution < 1.29 is 18.0 Å². The van der Waals surface area contributed by atoms with Gasteiger partial charge in [0.25, 0.3) is 0 Å². The maximum Gasteiger partial charge on any atom is 0.416 e. The Morgan fingerprint density at radius 1 is 0.947 bits per heavy atom. The highest BCUT2D eigenvalue weighted by molar-refractivity contribution is 6.09. The van der Waals surface area contributed by atoms with E-state index in [1.165, 1.54) is 23.1 Å². The Morgan fingerprint density at radius 2 is 1.74 bits per heavy atom. The maximum absolute atomic E-state index is 13.6. The van der Waals surface area contributed by atoms with E-state index in [0.717, 1.165) is 28.8 Å². The lowest BCUT2D eigenvalue weighted by Crippen LogP contribution is -2.27. The summed E-state index contributed by atoms with van der Waals surface area (Å²) < 4.78 is 40.8. The highest BCUT2D eigenvalue weighted by Gasteiger charge is 2.32. The van der Waals surface area contributed by atoms with E-state index in [-0.39, 0.29) is 12.1 Å². The molecule has 0 fully saturated rings. The van der Waals surface area contributed by atoms with E-state index in [0.29, 0.717) is 23.0 Å². The lowest BCUT2D eigenvalue weighted by molar-refractivity contribution is -0.137. The minimum absolute atomic E-state index is 0.0502.